The van der Waals surface area contributed by atoms with Gasteiger partial charge in [0.05, 0.1) is 12.7 Å². The fourth-order valence-electron chi connectivity index (χ4n) is 2.18. The number of benzene rings is 2. The average molecular weight is 269 g/mol. The third kappa shape index (κ3) is 3.38. The lowest BCUT2D eigenvalue weighted by Gasteiger charge is -2.09. The molecule has 0 aliphatic heterocycles. The average Bonchev–Trinajstić information content (AvgIpc) is 2.45. The first-order chi connectivity index (χ1) is 9.60. The van der Waals surface area contributed by atoms with Gasteiger partial charge in [-0.2, -0.15) is 0 Å². The normalized spacial score (nSPS) is 10.3. The summed E-state index contributed by atoms with van der Waals surface area (Å²) in [6.45, 7) is 1.97. The summed E-state index contributed by atoms with van der Waals surface area (Å²) in [6, 6.07) is 13.3. The molecule has 2 aromatic carbocycles. The number of rotatable bonds is 5. The molecule has 3 nitrogen and oxygen atoms in total. The molecule has 0 aliphatic rings. The van der Waals surface area contributed by atoms with E-state index in [0.29, 0.717) is 24.2 Å². The van der Waals surface area contributed by atoms with Gasteiger partial charge in [-0.25, -0.2) is 0 Å². The van der Waals surface area contributed by atoms with E-state index in [1.54, 1.807) is 7.11 Å². The van der Waals surface area contributed by atoms with Crippen LogP contribution < -0.4 is 10.5 Å². The molecule has 0 saturated heterocycles. The van der Waals surface area contributed by atoms with E-state index in [1.165, 1.54) is 0 Å². The SMILES string of the molecule is COc1ccc(C)cc1C(=O)CCc1cccc(N)c1. The van der Waals surface area contributed by atoms with Crippen molar-refractivity contribution in [3.05, 3.63) is 59.2 Å². The molecule has 104 valence electrons. The minimum Gasteiger partial charge on any atom is -0.496 e. The van der Waals surface area contributed by atoms with Gasteiger partial charge in [-0.1, -0.05) is 23.8 Å². The molecule has 2 aromatic rings. The lowest BCUT2D eigenvalue weighted by molar-refractivity contribution is 0.0980. The molecule has 3 heteroatoms. The number of aryl methyl sites for hydroxylation is 2. The van der Waals surface area contributed by atoms with Crippen molar-refractivity contribution < 1.29 is 9.53 Å². The van der Waals surface area contributed by atoms with E-state index >= 15 is 0 Å². The van der Waals surface area contributed by atoms with Crippen molar-refractivity contribution >= 4 is 11.5 Å². The zero-order chi connectivity index (χ0) is 14.5. The van der Waals surface area contributed by atoms with Gasteiger partial charge in [0, 0.05) is 12.1 Å². The number of anilines is 1. The summed E-state index contributed by atoms with van der Waals surface area (Å²) in [5.41, 5.74) is 9.24. The van der Waals surface area contributed by atoms with E-state index in [1.807, 2.05) is 49.4 Å². The molecule has 0 amide bonds. The van der Waals surface area contributed by atoms with Crippen molar-refractivity contribution in [3.8, 4) is 5.75 Å². The van der Waals surface area contributed by atoms with E-state index < -0.39 is 0 Å². The number of carbonyl (C=O) groups excluding carboxylic acids is 1. The van der Waals surface area contributed by atoms with Gasteiger partial charge >= 0.3 is 0 Å². The van der Waals surface area contributed by atoms with Crippen molar-refractivity contribution in [2.45, 2.75) is 19.8 Å². The molecule has 0 unspecified atom stereocenters. The summed E-state index contributed by atoms with van der Waals surface area (Å²) in [7, 11) is 1.58. The molecule has 0 aromatic heterocycles. The Morgan fingerprint density at radius 1 is 1.20 bits per heavy atom. The molecule has 2 rings (SSSR count). The highest BCUT2D eigenvalue weighted by molar-refractivity contribution is 5.99. The van der Waals surface area contributed by atoms with Crippen molar-refractivity contribution in [1.29, 1.82) is 0 Å². The second-order valence-corrected chi connectivity index (χ2v) is 4.87. The Balaban J connectivity index is 2.10. The third-order valence-electron chi connectivity index (χ3n) is 3.25. The van der Waals surface area contributed by atoms with Crippen LogP contribution in [-0.2, 0) is 6.42 Å². The van der Waals surface area contributed by atoms with Crippen LogP contribution in [0.25, 0.3) is 0 Å². The van der Waals surface area contributed by atoms with Crippen molar-refractivity contribution in [3.63, 3.8) is 0 Å². The summed E-state index contributed by atoms with van der Waals surface area (Å²) < 4.78 is 5.25. The molecule has 0 aliphatic carbocycles. The van der Waals surface area contributed by atoms with E-state index in [9.17, 15) is 4.79 Å². The van der Waals surface area contributed by atoms with E-state index in [-0.39, 0.29) is 5.78 Å². The molecule has 0 saturated carbocycles. The van der Waals surface area contributed by atoms with Gasteiger partial charge in [-0.05, 0) is 43.2 Å². The summed E-state index contributed by atoms with van der Waals surface area (Å²) in [4.78, 5) is 12.3. The maximum Gasteiger partial charge on any atom is 0.166 e. The van der Waals surface area contributed by atoms with Crippen LogP contribution in [0.2, 0.25) is 0 Å². The number of hydrogen-bond acceptors (Lipinski definition) is 3. The van der Waals surface area contributed by atoms with Gasteiger partial charge in [-0.3, -0.25) is 4.79 Å². The number of ketones is 1. The highest BCUT2D eigenvalue weighted by Gasteiger charge is 2.12. The topological polar surface area (TPSA) is 52.3 Å². The number of nitrogen functional groups attached to an aromatic ring is 1. The van der Waals surface area contributed by atoms with Crippen LogP contribution in [0.1, 0.15) is 27.9 Å². The van der Waals surface area contributed by atoms with E-state index in [4.69, 9.17) is 10.5 Å². The number of Topliss-reactive ketones (excluding diaryl/α,β-unsaturated/α-hetero) is 1. The van der Waals surface area contributed by atoms with E-state index in [0.717, 1.165) is 16.8 Å². The Bertz CT molecular complexity index is 620. The van der Waals surface area contributed by atoms with Crippen molar-refractivity contribution in [1.82, 2.24) is 0 Å². The smallest absolute Gasteiger partial charge is 0.166 e. The highest BCUT2D eigenvalue weighted by atomic mass is 16.5. The first-order valence-electron chi connectivity index (χ1n) is 6.62. The molecular formula is C17H19NO2. The second kappa shape index (κ2) is 6.24. The lowest BCUT2D eigenvalue weighted by Crippen LogP contribution is -2.04. The summed E-state index contributed by atoms with van der Waals surface area (Å²) in [5.74, 6) is 0.723. The van der Waals surface area contributed by atoms with Crippen LogP contribution in [0.15, 0.2) is 42.5 Å². The molecule has 0 fully saturated rings. The van der Waals surface area contributed by atoms with Gasteiger partial charge in [-0.15, -0.1) is 0 Å². The second-order valence-electron chi connectivity index (χ2n) is 4.87. The summed E-state index contributed by atoms with van der Waals surface area (Å²) in [6.07, 6.45) is 1.13. The number of carbonyl (C=O) groups is 1. The first kappa shape index (κ1) is 14.1. The van der Waals surface area contributed by atoms with E-state index in [2.05, 4.69) is 0 Å². The molecule has 0 heterocycles. The monoisotopic (exact) mass is 269 g/mol. The fraction of sp³-hybridized carbons (Fsp3) is 0.235. The minimum atomic E-state index is 0.0907. The fourth-order valence-corrected chi connectivity index (χ4v) is 2.18. The largest absolute Gasteiger partial charge is 0.496 e. The number of hydrogen-bond donors (Lipinski definition) is 1. The number of ether oxygens (including phenoxy) is 1. The zero-order valence-electron chi connectivity index (χ0n) is 11.8. The Morgan fingerprint density at radius 2 is 2.00 bits per heavy atom. The molecule has 2 N–H and O–H groups in total. The lowest BCUT2D eigenvalue weighted by atomic mass is 10.0. The van der Waals surface area contributed by atoms with Crippen LogP contribution in [-0.4, -0.2) is 12.9 Å². The quantitative estimate of drug-likeness (QED) is 0.668. The maximum absolute atomic E-state index is 12.3. The van der Waals surface area contributed by atoms with Crippen LogP contribution >= 0.6 is 0 Å². The van der Waals surface area contributed by atoms with Gasteiger partial charge in [0.25, 0.3) is 0 Å². The van der Waals surface area contributed by atoms with Crippen LogP contribution in [0.5, 0.6) is 5.75 Å². The molecular weight excluding hydrogens is 250 g/mol. The Kier molecular flexibility index (Phi) is 4.41. The van der Waals surface area contributed by atoms with Gasteiger partial charge in [0.2, 0.25) is 0 Å². The summed E-state index contributed by atoms with van der Waals surface area (Å²) >= 11 is 0. The van der Waals surface area contributed by atoms with Crippen LogP contribution in [0, 0.1) is 6.92 Å². The predicted molar refractivity (Wildman–Crippen MR) is 81.2 cm³/mol. The number of nitrogens with two attached hydrogens (primary N) is 1. The van der Waals surface area contributed by atoms with Crippen LogP contribution in [0.3, 0.4) is 0 Å². The van der Waals surface area contributed by atoms with Gasteiger partial charge in [0.1, 0.15) is 5.75 Å². The van der Waals surface area contributed by atoms with Crippen molar-refractivity contribution in [2.24, 2.45) is 0 Å². The molecule has 0 radical (unpaired) electrons. The first-order valence-corrected chi connectivity index (χ1v) is 6.62. The van der Waals surface area contributed by atoms with Gasteiger partial charge < -0.3 is 10.5 Å². The number of methoxy groups -OCH3 is 1. The standard InChI is InChI=1S/C17H19NO2/c1-12-6-9-17(20-2)15(10-12)16(19)8-7-13-4-3-5-14(18)11-13/h3-6,9-11H,7-8,18H2,1-2H3. The molecule has 0 spiro atoms. The predicted octanol–water partition coefficient (Wildman–Crippen LogP) is 3.40. The van der Waals surface area contributed by atoms with Gasteiger partial charge in [0.15, 0.2) is 5.78 Å². The molecule has 0 bridgehead atoms. The molecule has 20 heavy (non-hydrogen) atoms. The Labute approximate surface area is 119 Å². The molecule has 0 atom stereocenters. The van der Waals surface area contributed by atoms with Crippen molar-refractivity contribution in [2.75, 3.05) is 12.8 Å². The summed E-state index contributed by atoms with van der Waals surface area (Å²) in [5, 5.41) is 0. The minimum absolute atomic E-state index is 0.0907. The third-order valence-corrected chi connectivity index (χ3v) is 3.25. The highest BCUT2D eigenvalue weighted by Crippen LogP contribution is 2.22. The van der Waals surface area contributed by atoms with Crippen LogP contribution in [0.4, 0.5) is 5.69 Å². The Morgan fingerprint density at radius 3 is 2.70 bits per heavy atom. The maximum atomic E-state index is 12.3. The Hall–Kier alpha value is -2.29. The zero-order valence-corrected chi connectivity index (χ0v) is 11.8.